The van der Waals surface area contributed by atoms with Gasteiger partial charge in [-0.2, -0.15) is 0 Å². The minimum Gasteiger partial charge on any atom is -0.502 e. The van der Waals surface area contributed by atoms with Crippen LogP contribution in [0.25, 0.3) is 0 Å². The maximum atomic E-state index is 11.7. The number of hydrogen-bond donors (Lipinski definition) is 5. The average Bonchev–Trinajstić information content (AvgIpc) is 2.60. The standard InChI is InChI=1S/C17H19N3O5/c1-24-12-7-10(8-13(25-2)15(12)21)14(17(22)23)20-11-5-3-9(4-6-11)16(18)19/h3-8,14,20-21H,1-2H3,(H3,18,19)(H,22,23). The second-order valence-corrected chi connectivity index (χ2v) is 5.18. The zero-order chi connectivity index (χ0) is 18.6. The molecular formula is C17H19N3O5. The van der Waals surface area contributed by atoms with Gasteiger partial charge in [0.05, 0.1) is 14.2 Å². The molecule has 6 N–H and O–H groups in total. The number of hydrogen-bond acceptors (Lipinski definition) is 6. The van der Waals surface area contributed by atoms with Crippen molar-refractivity contribution in [3.63, 3.8) is 0 Å². The third-order valence-corrected chi connectivity index (χ3v) is 3.59. The summed E-state index contributed by atoms with van der Waals surface area (Å²) in [4.78, 5) is 11.7. The molecule has 0 saturated heterocycles. The van der Waals surface area contributed by atoms with E-state index in [4.69, 9.17) is 20.6 Å². The highest BCUT2D eigenvalue weighted by atomic mass is 16.5. The van der Waals surface area contributed by atoms with Crippen LogP contribution in [0.1, 0.15) is 17.2 Å². The number of nitrogen functional groups attached to an aromatic ring is 1. The highest BCUT2D eigenvalue weighted by molar-refractivity contribution is 5.95. The molecule has 2 aromatic carbocycles. The van der Waals surface area contributed by atoms with Gasteiger partial charge in [0, 0.05) is 11.3 Å². The van der Waals surface area contributed by atoms with Crippen LogP contribution in [0.15, 0.2) is 36.4 Å². The van der Waals surface area contributed by atoms with E-state index in [0.29, 0.717) is 16.8 Å². The SMILES string of the molecule is COc1cc(C(Nc2ccc(C(=N)N)cc2)C(=O)O)cc(OC)c1O. The molecule has 0 aliphatic rings. The van der Waals surface area contributed by atoms with Crippen LogP contribution in [0.5, 0.6) is 17.2 Å². The van der Waals surface area contributed by atoms with Crippen molar-refractivity contribution in [3.05, 3.63) is 47.5 Å². The van der Waals surface area contributed by atoms with Gasteiger partial charge in [-0.1, -0.05) is 0 Å². The van der Waals surface area contributed by atoms with Gasteiger partial charge in [-0.25, -0.2) is 4.79 Å². The molecule has 0 spiro atoms. The largest absolute Gasteiger partial charge is 0.502 e. The molecule has 0 radical (unpaired) electrons. The number of aliphatic carboxylic acids is 1. The number of nitrogens with one attached hydrogen (secondary N) is 2. The molecule has 2 rings (SSSR count). The van der Waals surface area contributed by atoms with Crippen LogP contribution < -0.4 is 20.5 Å². The molecule has 8 heteroatoms. The molecule has 0 saturated carbocycles. The fourth-order valence-corrected chi connectivity index (χ4v) is 2.28. The van der Waals surface area contributed by atoms with E-state index in [0.717, 1.165) is 0 Å². The highest BCUT2D eigenvalue weighted by Crippen LogP contribution is 2.39. The number of amidine groups is 1. The Morgan fingerprint density at radius 1 is 1.16 bits per heavy atom. The molecule has 0 amide bonds. The average molecular weight is 345 g/mol. The van der Waals surface area contributed by atoms with Gasteiger partial charge in [-0.15, -0.1) is 0 Å². The van der Waals surface area contributed by atoms with Crippen molar-refractivity contribution in [2.45, 2.75) is 6.04 Å². The van der Waals surface area contributed by atoms with Gasteiger partial charge in [-0.05, 0) is 42.0 Å². The molecule has 0 heterocycles. The first-order valence-corrected chi connectivity index (χ1v) is 7.26. The van der Waals surface area contributed by atoms with E-state index in [9.17, 15) is 15.0 Å². The predicted octanol–water partition coefficient (Wildman–Crippen LogP) is 1.93. The second kappa shape index (κ2) is 7.43. The van der Waals surface area contributed by atoms with E-state index in [1.54, 1.807) is 24.3 Å². The van der Waals surface area contributed by atoms with Crippen molar-refractivity contribution in [2.24, 2.45) is 5.73 Å². The van der Waals surface area contributed by atoms with Gasteiger partial charge in [0.2, 0.25) is 5.75 Å². The number of phenolic OH excluding ortho intramolecular Hbond substituents is 1. The Kier molecular flexibility index (Phi) is 5.33. The molecule has 0 bridgehead atoms. The fourth-order valence-electron chi connectivity index (χ4n) is 2.28. The first-order chi connectivity index (χ1) is 11.9. The van der Waals surface area contributed by atoms with Crippen LogP contribution >= 0.6 is 0 Å². The van der Waals surface area contributed by atoms with Crippen LogP contribution in [0, 0.1) is 5.41 Å². The Bertz CT molecular complexity index is 764. The van der Waals surface area contributed by atoms with Crippen molar-refractivity contribution < 1.29 is 24.5 Å². The number of methoxy groups -OCH3 is 2. The molecule has 1 atom stereocenters. The topological polar surface area (TPSA) is 138 Å². The van der Waals surface area contributed by atoms with Crippen molar-refractivity contribution >= 4 is 17.5 Å². The lowest BCUT2D eigenvalue weighted by Crippen LogP contribution is -2.21. The Morgan fingerprint density at radius 3 is 2.08 bits per heavy atom. The van der Waals surface area contributed by atoms with Gasteiger partial charge >= 0.3 is 5.97 Å². The lowest BCUT2D eigenvalue weighted by molar-refractivity contribution is -0.138. The molecule has 0 aliphatic heterocycles. The quantitative estimate of drug-likeness (QED) is 0.382. The normalized spacial score (nSPS) is 11.4. The summed E-state index contributed by atoms with van der Waals surface area (Å²) in [6.07, 6.45) is 0. The smallest absolute Gasteiger partial charge is 0.330 e. The zero-order valence-corrected chi connectivity index (χ0v) is 13.7. The number of carboxylic acids is 1. The molecule has 25 heavy (non-hydrogen) atoms. The molecule has 0 aromatic heterocycles. The van der Waals surface area contributed by atoms with Gasteiger partial charge in [-0.3, -0.25) is 5.41 Å². The number of rotatable bonds is 7. The zero-order valence-electron chi connectivity index (χ0n) is 13.7. The molecule has 2 aromatic rings. The molecule has 0 fully saturated rings. The maximum absolute atomic E-state index is 11.7. The van der Waals surface area contributed by atoms with Crippen molar-refractivity contribution in [2.75, 3.05) is 19.5 Å². The molecular weight excluding hydrogens is 326 g/mol. The summed E-state index contributed by atoms with van der Waals surface area (Å²) in [7, 11) is 2.73. The number of aromatic hydroxyl groups is 1. The third kappa shape index (κ3) is 3.92. The number of anilines is 1. The Hall–Kier alpha value is -3.42. The minimum absolute atomic E-state index is 0.0747. The lowest BCUT2D eigenvalue weighted by atomic mass is 10.0. The van der Waals surface area contributed by atoms with Gasteiger partial charge in [0.25, 0.3) is 0 Å². The monoisotopic (exact) mass is 345 g/mol. The minimum atomic E-state index is -1.12. The summed E-state index contributed by atoms with van der Waals surface area (Å²) in [5, 5.41) is 29.8. The summed E-state index contributed by atoms with van der Waals surface area (Å²) < 4.78 is 10.1. The summed E-state index contributed by atoms with van der Waals surface area (Å²) in [5.41, 5.74) is 6.81. The summed E-state index contributed by atoms with van der Waals surface area (Å²) in [5.74, 6) is -1.19. The maximum Gasteiger partial charge on any atom is 0.330 e. The van der Waals surface area contributed by atoms with Crippen molar-refractivity contribution in [3.8, 4) is 17.2 Å². The van der Waals surface area contributed by atoms with Gasteiger partial charge in [0.15, 0.2) is 17.5 Å². The number of benzene rings is 2. The summed E-state index contributed by atoms with van der Waals surface area (Å²) in [6.45, 7) is 0. The number of ether oxygens (including phenoxy) is 2. The molecule has 0 aliphatic carbocycles. The van der Waals surface area contributed by atoms with Crippen LogP contribution in [0.4, 0.5) is 5.69 Å². The Morgan fingerprint density at radius 2 is 1.68 bits per heavy atom. The lowest BCUT2D eigenvalue weighted by Gasteiger charge is -2.19. The number of carboxylic acid groups (broad SMARTS) is 1. The van der Waals surface area contributed by atoms with Crippen molar-refractivity contribution in [1.29, 1.82) is 5.41 Å². The Labute approximate surface area is 144 Å². The van der Waals surface area contributed by atoms with E-state index in [1.165, 1.54) is 26.4 Å². The highest BCUT2D eigenvalue weighted by Gasteiger charge is 2.23. The molecule has 8 nitrogen and oxygen atoms in total. The second-order valence-electron chi connectivity index (χ2n) is 5.18. The van der Waals surface area contributed by atoms with E-state index in [1.807, 2.05) is 0 Å². The first-order valence-electron chi connectivity index (χ1n) is 7.26. The Balaban J connectivity index is 2.38. The van der Waals surface area contributed by atoms with Gasteiger partial charge in [0.1, 0.15) is 5.84 Å². The van der Waals surface area contributed by atoms with Gasteiger partial charge < -0.3 is 30.7 Å². The van der Waals surface area contributed by atoms with Crippen LogP contribution in [-0.2, 0) is 4.79 Å². The molecule has 132 valence electrons. The predicted molar refractivity (Wildman–Crippen MR) is 92.7 cm³/mol. The first kappa shape index (κ1) is 17.9. The van der Waals surface area contributed by atoms with Crippen LogP contribution in [-0.4, -0.2) is 36.2 Å². The number of phenols is 1. The van der Waals surface area contributed by atoms with Crippen LogP contribution in [0.3, 0.4) is 0 Å². The number of carbonyl (C=O) groups is 1. The van der Waals surface area contributed by atoms with E-state index < -0.39 is 12.0 Å². The summed E-state index contributed by atoms with van der Waals surface area (Å²) >= 11 is 0. The number of nitrogens with two attached hydrogens (primary N) is 1. The van der Waals surface area contributed by atoms with Crippen molar-refractivity contribution in [1.82, 2.24) is 0 Å². The van der Waals surface area contributed by atoms with E-state index >= 15 is 0 Å². The summed E-state index contributed by atoms with van der Waals surface area (Å²) in [6, 6.07) is 8.22. The fraction of sp³-hybridized carbons (Fsp3) is 0.176. The van der Waals surface area contributed by atoms with E-state index in [-0.39, 0.29) is 23.1 Å². The molecule has 1 unspecified atom stereocenters. The van der Waals surface area contributed by atoms with E-state index in [2.05, 4.69) is 5.32 Å². The third-order valence-electron chi connectivity index (χ3n) is 3.59. The van der Waals surface area contributed by atoms with Crippen LogP contribution in [0.2, 0.25) is 0 Å².